The third-order valence-corrected chi connectivity index (χ3v) is 3.92. The second-order valence-corrected chi connectivity index (χ2v) is 5.48. The van der Waals surface area contributed by atoms with Crippen molar-refractivity contribution in [3.63, 3.8) is 0 Å². The zero-order valence-corrected chi connectivity index (χ0v) is 10.4. The Morgan fingerprint density at radius 3 is 1.55 bits per heavy atom. The summed E-state index contributed by atoms with van der Waals surface area (Å²) in [6.45, 7) is -1.37. The molecule has 0 unspecified atom stereocenters. The molecule has 1 nitrogen and oxygen atoms in total. The lowest BCUT2D eigenvalue weighted by molar-refractivity contribution is -0.799. The van der Waals surface area contributed by atoms with Crippen LogP contribution in [0.25, 0.3) is 0 Å². The first-order chi connectivity index (χ1) is 8.56. The molecule has 0 aromatic heterocycles. The molecule has 20 heavy (non-hydrogen) atoms. The van der Waals surface area contributed by atoms with Gasteiger partial charge in [-0.05, 0) is 0 Å². The van der Waals surface area contributed by atoms with E-state index in [2.05, 4.69) is 0 Å². The van der Waals surface area contributed by atoms with Crippen LogP contribution in [0.4, 0.5) is 39.5 Å². The van der Waals surface area contributed by atoms with Gasteiger partial charge in [0.05, 0.1) is 12.1 Å². The molecule has 0 spiro atoms. The smallest absolute Gasteiger partial charge is 0.424 e. The normalized spacial score (nSPS) is 23.4. The summed E-state index contributed by atoms with van der Waals surface area (Å²) in [6, 6.07) is 0. The van der Waals surface area contributed by atoms with Gasteiger partial charge in [0, 0.05) is 14.1 Å². The van der Waals surface area contributed by atoms with Gasteiger partial charge in [-0.1, -0.05) is 12.4 Å². The molecule has 0 atom stereocenters. The summed E-state index contributed by atoms with van der Waals surface area (Å²) in [4.78, 5) is 0. The van der Waals surface area contributed by atoms with Crippen molar-refractivity contribution in [2.75, 3.05) is 20.6 Å². The van der Waals surface area contributed by atoms with Crippen LogP contribution in [-0.4, -0.2) is 49.6 Å². The summed E-state index contributed by atoms with van der Waals surface area (Å²) >= 11 is 0. The maximum absolute atomic E-state index is 13.0. The van der Waals surface area contributed by atoms with Crippen LogP contribution < -0.4 is 0 Å². The Labute approximate surface area is 108 Å². The molecular weight excluding hydrogens is 304 g/mol. The molecule has 0 saturated heterocycles. The van der Waals surface area contributed by atoms with Crippen molar-refractivity contribution in [2.45, 2.75) is 24.6 Å². The predicted octanol–water partition coefficient (Wildman–Crippen LogP) is 3.71. The molecule has 0 fully saturated rings. The number of halogens is 9. The second-order valence-electron chi connectivity index (χ2n) is 5.48. The predicted molar refractivity (Wildman–Crippen MR) is 53.8 cm³/mol. The van der Waals surface area contributed by atoms with Crippen LogP contribution in [0.2, 0.25) is 6.32 Å². The van der Waals surface area contributed by atoms with E-state index in [0.717, 1.165) is 0 Å². The minimum atomic E-state index is -5.66. The number of allylic oxidation sites excluding steroid dienone is 1. The van der Waals surface area contributed by atoms with Gasteiger partial charge >= 0.3 is 24.6 Å². The molecule has 0 aromatic rings. The Hall–Kier alpha value is -0.865. The minimum absolute atomic E-state index is 0.0183. The van der Waals surface area contributed by atoms with E-state index in [1.165, 1.54) is 0 Å². The highest BCUT2D eigenvalue weighted by molar-refractivity contribution is 6.77. The molecule has 11 heteroatoms. The van der Waals surface area contributed by atoms with Gasteiger partial charge < -0.3 is 4.39 Å². The molecule has 1 aliphatic heterocycles. The first-order valence-corrected chi connectivity index (χ1v) is 5.46. The van der Waals surface area contributed by atoms with Crippen LogP contribution in [-0.2, 0) is 0 Å². The van der Waals surface area contributed by atoms with Crippen molar-refractivity contribution in [2.24, 2.45) is 0 Å². The highest BCUT2D eigenvalue weighted by Gasteiger charge is 2.77. The van der Waals surface area contributed by atoms with Crippen molar-refractivity contribution in [1.29, 1.82) is 0 Å². The number of quaternary nitrogens is 1. The maximum atomic E-state index is 13.0. The number of nitrogens with zero attached hydrogens (tertiary/aromatic N) is 1. The zero-order valence-electron chi connectivity index (χ0n) is 10.4. The first kappa shape index (κ1) is 17.2. The van der Waals surface area contributed by atoms with Gasteiger partial charge in [-0.25, -0.2) is 26.3 Å². The summed E-state index contributed by atoms with van der Waals surface area (Å²) in [6.07, 6.45) is -23.0. The Morgan fingerprint density at radius 2 is 1.30 bits per heavy atom. The van der Waals surface area contributed by atoms with Gasteiger partial charge in [-0.2, -0.15) is 13.2 Å². The fraction of sp³-hybridized carbons (Fsp3) is 0.778. The quantitative estimate of drug-likeness (QED) is 0.363. The molecule has 0 aromatic carbocycles. The number of rotatable bonds is 0. The topological polar surface area (TPSA) is 0 Å². The number of hydrogen-bond acceptors (Lipinski definition) is 0. The SMILES string of the molecule is C[N+]1(C)CC(C(F)(F)F)=CC[B-]1(C(F)(F)F)C(F)(F)F. The lowest BCUT2D eigenvalue weighted by Gasteiger charge is -2.58. The van der Waals surface area contributed by atoms with Gasteiger partial charge in [-0.3, -0.25) is 0 Å². The Morgan fingerprint density at radius 1 is 0.900 bits per heavy atom. The molecule has 0 saturated carbocycles. The van der Waals surface area contributed by atoms with Gasteiger partial charge in [0.15, 0.2) is 0 Å². The van der Waals surface area contributed by atoms with Crippen molar-refractivity contribution in [3.8, 4) is 0 Å². The third-order valence-electron chi connectivity index (χ3n) is 3.92. The van der Waals surface area contributed by atoms with Crippen LogP contribution >= 0.6 is 0 Å². The molecule has 118 valence electrons. The summed E-state index contributed by atoms with van der Waals surface area (Å²) in [7, 11) is 1.06. The van der Waals surface area contributed by atoms with Crippen LogP contribution in [0.15, 0.2) is 11.6 Å². The lowest BCUT2D eigenvalue weighted by atomic mass is 9.27. The third kappa shape index (κ3) is 2.40. The van der Waals surface area contributed by atoms with E-state index in [1.807, 2.05) is 0 Å². The molecule has 0 radical (unpaired) electrons. The van der Waals surface area contributed by atoms with E-state index in [-0.39, 0.29) is 6.08 Å². The Kier molecular flexibility index (Phi) is 3.71. The summed E-state index contributed by atoms with van der Waals surface area (Å²) < 4.78 is 114. The van der Waals surface area contributed by atoms with Crippen LogP contribution in [0, 0.1) is 0 Å². The van der Waals surface area contributed by atoms with Crippen LogP contribution in [0.5, 0.6) is 0 Å². The van der Waals surface area contributed by atoms with Crippen LogP contribution in [0.1, 0.15) is 0 Å². The van der Waals surface area contributed by atoms with E-state index in [1.54, 1.807) is 0 Å². The largest absolute Gasteiger partial charge is 0.504 e. The fourth-order valence-electron chi connectivity index (χ4n) is 2.71. The van der Waals surface area contributed by atoms with E-state index >= 15 is 0 Å². The fourth-order valence-corrected chi connectivity index (χ4v) is 2.71. The average molecular weight is 315 g/mol. The average Bonchev–Trinajstić information content (AvgIpc) is 2.09. The molecule has 1 rings (SSSR count). The molecular formula is C9H11BF9N. The van der Waals surface area contributed by atoms with E-state index in [0.29, 0.717) is 14.1 Å². The molecule has 0 amide bonds. The standard InChI is InChI=1S/C9H11BF9N/c1-20(2)5-6(7(11,12)13)3-4-10(20,8(14,15)16)9(17,18)19/h3H,4-5H2,1-2H3. The zero-order chi connectivity index (χ0) is 16.2. The molecule has 0 aliphatic carbocycles. The first-order valence-electron chi connectivity index (χ1n) is 5.46. The number of likely N-dealkylation sites (N-methyl/N-ethyl adjacent to an activating group) is 1. The van der Waals surface area contributed by atoms with Crippen molar-refractivity contribution in [1.82, 2.24) is 0 Å². The number of alkyl halides is 9. The summed E-state index contributed by atoms with van der Waals surface area (Å²) in [5.41, 5.74) is -1.37. The Balaban J connectivity index is 3.47. The molecule has 0 bridgehead atoms. The number of hydrogen-bond donors (Lipinski definition) is 0. The van der Waals surface area contributed by atoms with Gasteiger partial charge in [-0.15, -0.1) is 0 Å². The van der Waals surface area contributed by atoms with Gasteiger partial charge in [0.1, 0.15) is 0 Å². The molecule has 1 heterocycles. The van der Waals surface area contributed by atoms with Gasteiger partial charge in [0.25, 0.3) is 0 Å². The van der Waals surface area contributed by atoms with Crippen LogP contribution in [0.3, 0.4) is 0 Å². The monoisotopic (exact) mass is 315 g/mol. The highest BCUT2D eigenvalue weighted by atomic mass is 19.4. The summed E-state index contributed by atoms with van der Waals surface area (Å²) in [5.74, 6) is 0. The van der Waals surface area contributed by atoms with Crippen molar-refractivity contribution < 1.29 is 43.9 Å². The van der Waals surface area contributed by atoms with Gasteiger partial charge in [0.2, 0.25) is 0 Å². The van der Waals surface area contributed by atoms with E-state index in [4.69, 9.17) is 0 Å². The Bertz CT molecular complexity index is 401. The highest BCUT2D eigenvalue weighted by Crippen LogP contribution is 2.51. The van der Waals surface area contributed by atoms with Crippen molar-refractivity contribution in [3.05, 3.63) is 11.6 Å². The minimum Gasteiger partial charge on any atom is -0.504 e. The lowest BCUT2D eigenvalue weighted by Crippen LogP contribution is -2.80. The molecule has 0 N–H and O–H groups in total. The van der Waals surface area contributed by atoms with E-state index < -0.39 is 47.4 Å². The molecule has 1 aliphatic rings. The van der Waals surface area contributed by atoms with Crippen molar-refractivity contribution >= 4 is 6.28 Å². The summed E-state index contributed by atoms with van der Waals surface area (Å²) in [5, 5.41) is 0. The maximum Gasteiger partial charge on any atom is 0.424 e. The second kappa shape index (κ2) is 4.31. The van der Waals surface area contributed by atoms with E-state index in [9.17, 15) is 39.5 Å².